The fourth-order valence-corrected chi connectivity index (χ4v) is 11.1. The Morgan fingerprint density at radius 3 is 1.76 bits per heavy atom. The van der Waals surface area contributed by atoms with Crippen molar-refractivity contribution in [2.45, 2.75) is 58.3 Å². The fraction of sp³-hybridized carbons (Fsp3) is 0.237. The predicted molar refractivity (Wildman–Crippen MR) is 176 cm³/mol. The van der Waals surface area contributed by atoms with E-state index in [9.17, 15) is 0 Å². The normalized spacial score (nSPS) is 17.3. The van der Waals surface area contributed by atoms with Gasteiger partial charge in [0.2, 0.25) is 7.26 Å². The van der Waals surface area contributed by atoms with Gasteiger partial charge in [0.05, 0.1) is 5.56 Å². The van der Waals surface area contributed by atoms with E-state index in [1.54, 1.807) is 0 Å². The maximum Gasteiger partial charge on any atom is 0.419 e. The zero-order chi connectivity index (χ0) is 28.6. The summed E-state index contributed by atoms with van der Waals surface area (Å²) in [5.74, 6) is 0.855. The highest BCUT2D eigenvalue weighted by Gasteiger charge is 2.70. The van der Waals surface area contributed by atoms with E-state index in [2.05, 4.69) is 162 Å². The zero-order valence-corrected chi connectivity index (χ0v) is 25.7. The Bertz CT molecular complexity index is 1790. The molecule has 0 N–H and O–H groups in total. The molecule has 0 unspecified atom stereocenters. The molecule has 7 rings (SSSR count). The molecular formula is C38H38NOP+2. The van der Waals surface area contributed by atoms with Gasteiger partial charge in [0.15, 0.2) is 11.5 Å². The van der Waals surface area contributed by atoms with E-state index in [-0.39, 0.29) is 16.8 Å². The first-order valence-corrected chi connectivity index (χ1v) is 16.5. The fourth-order valence-electron chi connectivity index (χ4n) is 6.53. The van der Waals surface area contributed by atoms with Crippen molar-refractivity contribution in [1.82, 2.24) is 0 Å². The Morgan fingerprint density at radius 1 is 0.634 bits per heavy atom. The minimum Gasteiger partial charge on any atom is -0.403 e. The number of benzene rings is 5. The van der Waals surface area contributed by atoms with Crippen molar-refractivity contribution in [1.29, 1.82) is 0 Å². The van der Waals surface area contributed by atoms with Crippen molar-refractivity contribution in [3.8, 4) is 5.75 Å². The van der Waals surface area contributed by atoms with Crippen molar-refractivity contribution in [3.63, 3.8) is 0 Å². The van der Waals surface area contributed by atoms with Gasteiger partial charge in [0, 0.05) is 11.6 Å². The highest BCUT2D eigenvalue weighted by molar-refractivity contribution is 7.96. The molecule has 0 aliphatic carbocycles. The third-order valence-electron chi connectivity index (χ3n) is 8.69. The average Bonchev–Trinajstić information content (AvgIpc) is 3.23. The van der Waals surface area contributed by atoms with Crippen LogP contribution in [0, 0.1) is 0 Å². The number of hydrogen-bond donors (Lipinski definition) is 0. The van der Waals surface area contributed by atoms with Crippen LogP contribution in [0.4, 0.5) is 5.69 Å². The Kier molecular flexibility index (Phi) is 5.83. The number of nitrogens with zero attached hydrogens (tertiary/aromatic N) is 1. The van der Waals surface area contributed by atoms with Gasteiger partial charge in [-0.05, 0) is 63.6 Å². The van der Waals surface area contributed by atoms with Crippen LogP contribution in [-0.2, 0) is 10.8 Å². The van der Waals surface area contributed by atoms with Gasteiger partial charge in [0.25, 0.3) is 5.69 Å². The molecule has 204 valence electrons. The molecule has 0 amide bonds. The number of rotatable bonds is 2. The van der Waals surface area contributed by atoms with Gasteiger partial charge in [0.1, 0.15) is 16.4 Å². The lowest BCUT2D eigenvalue weighted by atomic mass is 9.79. The molecule has 5 aromatic rings. The van der Waals surface area contributed by atoms with Crippen molar-refractivity contribution >= 4 is 45.9 Å². The van der Waals surface area contributed by atoms with Gasteiger partial charge in [-0.1, -0.05) is 108 Å². The molecule has 0 radical (unpaired) electrons. The van der Waals surface area contributed by atoms with E-state index >= 15 is 0 Å². The summed E-state index contributed by atoms with van der Waals surface area (Å²) in [7, 11) is -2.28. The molecular weight excluding hydrogens is 517 g/mol. The van der Waals surface area contributed by atoms with E-state index in [0.717, 1.165) is 5.75 Å². The lowest BCUT2D eigenvalue weighted by molar-refractivity contribution is -0.492. The summed E-state index contributed by atoms with van der Waals surface area (Å²) in [5, 5.41) is 6.59. The molecule has 1 atom stereocenters. The first-order chi connectivity index (χ1) is 19.6. The molecule has 5 aromatic carbocycles. The molecule has 0 saturated heterocycles. The highest BCUT2D eigenvalue weighted by Crippen LogP contribution is 2.67. The smallest absolute Gasteiger partial charge is 0.403 e. The van der Waals surface area contributed by atoms with Gasteiger partial charge in [-0.25, -0.2) is 0 Å². The minimum atomic E-state index is -2.28. The van der Waals surface area contributed by atoms with Crippen LogP contribution in [0.1, 0.15) is 58.2 Å². The van der Waals surface area contributed by atoms with E-state index in [1.807, 2.05) is 0 Å². The molecule has 3 heteroatoms. The summed E-state index contributed by atoms with van der Waals surface area (Å²) >= 11 is 0. The molecule has 2 aliphatic heterocycles. The molecule has 0 bridgehead atoms. The first-order valence-electron chi connectivity index (χ1n) is 14.6. The predicted octanol–water partition coefficient (Wildman–Crippen LogP) is 8.18. The van der Waals surface area contributed by atoms with Crippen molar-refractivity contribution in [2.75, 3.05) is 0 Å². The van der Waals surface area contributed by atoms with E-state index < -0.39 is 7.26 Å². The zero-order valence-electron chi connectivity index (χ0n) is 24.8. The van der Waals surface area contributed by atoms with Crippen LogP contribution in [0.15, 0.2) is 109 Å². The summed E-state index contributed by atoms with van der Waals surface area (Å²) in [6.45, 7) is 13.8. The Balaban J connectivity index is 1.61. The lowest BCUT2D eigenvalue weighted by Crippen LogP contribution is -2.42. The van der Waals surface area contributed by atoms with Crippen LogP contribution in [0.3, 0.4) is 0 Å². The molecule has 0 saturated carbocycles. The van der Waals surface area contributed by atoms with Crippen LogP contribution in [0.25, 0.3) is 10.8 Å². The highest BCUT2D eigenvalue weighted by atomic mass is 31.2. The standard InChI is InChI=1S/C38H38NOP/c1-37(2,3)29-21-28-25-39-33-22-26-15-13-14-16-27(26)23-34(33)41(30-17-9-7-10-18-30,31-19-11-8-12-20-31)36(39)40-35(28)32(24-29)38(4,5)6/h7-25,36H,1-6H3/q+2/t36-/m0/s1. The number of hydrogen-bond acceptors (Lipinski definition) is 1. The van der Waals surface area contributed by atoms with Crippen LogP contribution in [-0.4, -0.2) is 16.8 Å². The maximum absolute atomic E-state index is 7.46. The molecule has 2 aliphatic rings. The molecule has 2 nitrogen and oxygen atoms in total. The largest absolute Gasteiger partial charge is 0.419 e. The summed E-state index contributed by atoms with van der Waals surface area (Å²) in [6, 6.07) is 40.5. The molecule has 0 fully saturated rings. The van der Waals surface area contributed by atoms with E-state index in [4.69, 9.17) is 4.74 Å². The SMILES string of the molecule is CC(C)(C)c1cc2c(c(C(C)(C)C)c1)O[C@@H]1[N+](=C2)c2cc3ccccc3cc2[P+]1(c1ccccc1)c1ccccc1. The van der Waals surface area contributed by atoms with Crippen molar-refractivity contribution in [3.05, 3.63) is 126 Å². The maximum atomic E-state index is 7.46. The average molecular weight is 556 g/mol. The van der Waals surface area contributed by atoms with Crippen molar-refractivity contribution < 1.29 is 9.31 Å². The number of ether oxygens (including phenoxy) is 1. The Hall–Kier alpha value is -3.74. The van der Waals surface area contributed by atoms with Gasteiger partial charge in [-0.3, -0.25) is 0 Å². The summed E-state index contributed by atoms with van der Waals surface area (Å²) in [4.78, 5) is 0. The quantitative estimate of drug-likeness (QED) is 0.158. The third-order valence-corrected chi connectivity index (χ3v) is 13.1. The van der Waals surface area contributed by atoms with Gasteiger partial charge < -0.3 is 4.74 Å². The summed E-state index contributed by atoms with van der Waals surface area (Å²) < 4.78 is 9.91. The summed E-state index contributed by atoms with van der Waals surface area (Å²) in [6.07, 6.45) is 2.38. The monoisotopic (exact) mass is 555 g/mol. The molecule has 0 aromatic heterocycles. The van der Waals surface area contributed by atoms with E-state index in [0.29, 0.717) is 0 Å². The lowest BCUT2D eigenvalue weighted by Gasteiger charge is -2.32. The summed E-state index contributed by atoms with van der Waals surface area (Å²) in [5.41, 5.74) is 4.99. The van der Waals surface area contributed by atoms with Gasteiger partial charge in [-0.2, -0.15) is 0 Å². The van der Waals surface area contributed by atoms with E-state index in [1.165, 1.54) is 49.1 Å². The second-order valence-electron chi connectivity index (χ2n) is 13.5. The van der Waals surface area contributed by atoms with Crippen LogP contribution >= 0.6 is 7.26 Å². The number of fused-ring (bicyclic) bond motifs is 5. The molecule has 2 heterocycles. The molecule has 0 spiro atoms. The Labute approximate surface area is 244 Å². The van der Waals surface area contributed by atoms with Crippen molar-refractivity contribution in [2.24, 2.45) is 0 Å². The molecule has 41 heavy (non-hydrogen) atoms. The third kappa shape index (κ3) is 3.99. The van der Waals surface area contributed by atoms with Gasteiger partial charge >= 0.3 is 5.97 Å². The van der Waals surface area contributed by atoms with Crippen LogP contribution < -0.4 is 20.7 Å². The van der Waals surface area contributed by atoms with Crippen LogP contribution in [0.2, 0.25) is 0 Å². The topological polar surface area (TPSA) is 12.2 Å². The van der Waals surface area contributed by atoms with Gasteiger partial charge in [-0.15, -0.1) is 4.58 Å². The van der Waals surface area contributed by atoms with Crippen LogP contribution in [0.5, 0.6) is 5.75 Å². The Morgan fingerprint density at radius 2 is 1.20 bits per heavy atom. The second kappa shape index (κ2) is 9.13. The second-order valence-corrected chi connectivity index (χ2v) is 16.9. The first kappa shape index (κ1) is 26.2. The minimum absolute atomic E-state index is 0.0314.